The highest BCUT2D eigenvalue weighted by Crippen LogP contribution is 2.59. The lowest BCUT2D eigenvalue weighted by Gasteiger charge is -2.15. The molecule has 112 valence electrons. The molecule has 0 spiro atoms. The molecular weight excluding hydrogens is 426 g/mol. The van der Waals surface area contributed by atoms with Gasteiger partial charge in [-0.15, -0.1) is 0 Å². The van der Waals surface area contributed by atoms with Gasteiger partial charge in [0.2, 0.25) is 0 Å². The second-order valence-electron chi connectivity index (χ2n) is 4.99. The van der Waals surface area contributed by atoms with Crippen LogP contribution in [0.3, 0.4) is 0 Å². The first kappa shape index (κ1) is 17.6. The minimum atomic E-state index is -0.0297. The number of hydrogen-bond donors (Lipinski definition) is 0. The molecule has 2 atom stereocenters. The molecule has 0 aliphatic heterocycles. The molecule has 0 saturated carbocycles. The van der Waals surface area contributed by atoms with Crippen molar-refractivity contribution in [3.63, 3.8) is 0 Å². The van der Waals surface area contributed by atoms with Gasteiger partial charge in [-0.2, -0.15) is 0 Å². The lowest BCUT2D eigenvalue weighted by molar-refractivity contribution is 1.15. The fraction of sp³-hybridized carbons (Fsp3) is 0.294. The van der Waals surface area contributed by atoms with Gasteiger partial charge in [-0.1, -0.05) is 91.6 Å². The number of aryl methyl sites for hydroxylation is 2. The molecule has 0 bridgehead atoms. The topological polar surface area (TPSA) is 0 Å². The molecule has 0 saturated heterocycles. The van der Waals surface area contributed by atoms with Gasteiger partial charge in [0.1, 0.15) is 0 Å². The zero-order valence-corrected chi connectivity index (χ0v) is 16.9. The summed E-state index contributed by atoms with van der Waals surface area (Å²) in [6.07, 6.45) is 4.92. The summed E-state index contributed by atoms with van der Waals surface area (Å²) in [6.45, 7) is -0.0593. The monoisotopic (exact) mass is 444 g/mol. The Kier molecular flexibility index (Phi) is 8.48. The molecule has 2 rings (SSSR count). The maximum Gasteiger partial charge on any atom is 0.00767 e. The van der Waals surface area contributed by atoms with Crippen LogP contribution in [-0.4, -0.2) is 18.2 Å². The van der Waals surface area contributed by atoms with Crippen molar-refractivity contribution < 1.29 is 0 Å². The van der Waals surface area contributed by atoms with Crippen LogP contribution in [0, 0.1) is 0 Å². The van der Waals surface area contributed by atoms with Crippen molar-refractivity contribution >= 4 is 44.2 Å². The first-order valence-electron chi connectivity index (χ1n) is 7.13. The predicted molar refractivity (Wildman–Crippen MR) is 107 cm³/mol. The second kappa shape index (κ2) is 10.1. The van der Waals surface area contributed by atoms with Gasteiger partial charge in [0.15, 0.2) is 0 Å². The van der Waals surface area contributed by atoms with E-state index in [-0.39, 0.29) is 13.2 Å². The molecule has 2 aromatic carbocycles. The van der Waals surface area contributed by atoms with Crippen LogP contribution in [0.1, 0.15) is 11.1 Å². The van der Waals surface area contributed by atoms with Crippen LogP contribution in [0.5, 0.6) is 0 Å². The summed E-state index contributed by atoms with van der Waals surface area (Å²) in [5.74, 6) is 1.31. The minimum absolute atomic E-state index is 0.0297. The molecule has 0 heterocycles. The number of rotatable bonds is 8. The molecule has 0 nitrogen and oxygen atoms in total. The van der Waals surface area contributed by atoms with E-state index >= 15 is 0 Å². The van der Waals surface area contributed by atoms with E-state index in [0.717, 1.165) is 0 Å². The molecule has 0 aliphatic carbocycles. The highest BCUT2D eigenvalue weighted by molar-refractivity contribution is 9.42. The van der Waals surface area contributed by atoms with E-state index in [9.17, 15) is 0 Å². The fourth-order valence-electron chi connectivity index (χ4n) is 2.10. The number of halogens is 2. The molecule has 2 unspecified atom stereocenters. The Morgan fingerprint density at radius 3 is 1.38 bits per heavy atom. The van der Waals surface area contributed by atoms with Crippen LogP contribution < -0.4 is 0 Å². The van der Waals surface area contributed by atoms with Crippen LogP contribution in [0.2, 0.25) is 0 Å². The molecule has 21 heavy (non-hydrogen) atoms. The third-order valence-corrected chi connectivity index (χ3v) is 13.3. The summed E-state index contributed by atoms with van der Waals surface area (Å²) in [5, 5.41) is 0. The van der Waals surface area contributed by atoms with E-state index in [4.69, 9.17) is 0 Å². The zero-order chi connectivity index (χ0) is 14.9. The Balaban J connectivity index is 1.66. The number of hydrogen-bond acceptors (Lipinski definition) is 0. The van der Waals surface area contributed by atoms with Crippen LogP contribution >= 0.6 is 44.2 Å². The summed E-state index contributed by atoms with van der Waals surface area (Å²) >= 11 is 7.83. The van der Waals surface area contributed by atoms with E-state index in [1.54, 1.807) is 0 Å². The van der Waals surface area contributed by atoms with E-state index in [1.807, 2.05) is 0 Å². The normalized spacial score (nSPS) is 13.8. The second-order valence-corrected chi connectivity index (χ2v) is 14.9. The van der Waals surface area contributed by atoms with Gasteiger partial charge in [-0.25, -0.2) is 0 Å². The summed E-state index contributed by atoms with van der Waals surface area (Å²) in [5.41, 5.74) is 2.90. The Morgan fingerprint density at radius 2 is 1.00 bits per heavy atom. The average molecular weight is 446 g/mol. The van der Waals surface area contributed by atoms with Crippen molar-refractivity contribution in [1.29, 1.82) is 0 Å². The average Bonchev–Trinajstić information content (AvgIpc) is 2.53. The maximum atomic E-state index is 3.91. The molecule has 0 fully saturated rings. The lowest BCUT2D eigenvalue weighted by Crippen LogP contribution is -1.93. The largest absolute Gasteiger partial charge is 0.0622 e. The molecule has 0 N–H and O–H groups in total. The van der Waals surface area contributed by atoms with Crippen LogP contribution in [0.4, 0.5) is 0 Å². The van der Waals surface area contributed by atoms with Crippen molar-refractivity contribution in [3.8, 4) is 0 Å². The van der Waals surface area contributed by atoms with Crippen LogP contribution in [0.15, 0.2) is 60.7 Å². The van der Waals surface area contributed by atoms with Crippen molar-refractivity contribution in [2.45, 2.75) is 12.8 Å². The molecular formula is C17H20Br2P2. The standard InChI is InChI=1S/C17H20Br2P2/c18-20(13-11-16-7-3-1-4-8-16)15-21(19)14-12-17-9-5-2-6-10-17/h1-10H,11-15H2. The van der Waals surface area contributed by atoms with E-state index < -0.39 is 0 Å². The quantitative estimate of drug-likeness (QED) is 0.383. The van der Waals surface area contributed by atoms with Gasteiger partial charge >= 0.3 is 0 Å². The van der Waals surface area contributed by atoms with Crippen molar-refractivity contribution in [1.82, 2.24) is 0 Å². The maximum absolute atomic E-state index is 3.91. The smallest absolute Gasteiger partial charge is 0.00767 e. The Morgan fingerprint density at radius 1 is 0.619 bits per heavy atom. The molecule has 0 amide bonds. The van der Waals surface area contributed by atoms with Crippen molar-refractivity contribution in [2.75, 3.05) is 18.2 Å². The van der Waals surface area contributed by atoms with Crippen molar-refractivity contribution in [3.05, 3.63) is 71.8 Å². The van der Waals surface area contributed by atoms with Gasteiger partial charge in [-0.05, 0) is 49.5 Å². The summed E-state index contributed by atoms with van der Waals surface area (Å²) in [7, 11) is 0. The summed E-state index contributed by atoms with van der Waals surface area (Å²) < 4.78 is 0. The fourth-order valence-corrected chi connectivity index (χ4v) is 14.2. The molecule has 4 heteroatoms. The first-order valence-corrected chi connectivity index (χ1v) is 14.6. The third-order valence-electron chi connectivity index (χ3n) is 3.28. The van der Waals surface area contributed by atoms with Gasteiger partial charge in [-0.3, -0.25) is 0 Å². The molecule has 0 aromatic heterocycles. The Bertz CT molecular complexity index is 457. The minimum Gasteiger partial charge on any atom is -0.0622 e. The predicted octanol–water partition coefficient (Wildman–Crippen LogP) is 7.01. The summed E-state index contributed by atoms with van der Waals surface area (Å²) in [6, 6.07) is 21.6. The van der Waals surface area contributed by atoms with Gasteiger partial charge in [0.25, 0.3) is 0 Å². The molecule has 0 radical (unpaired) electrons. The van der Waals surface area contributed by atoms with E-state index in [1.165, 1.54) is 42.2 Å². The highest BCUT2D eigenvalue weighted by atomic mass is 79.9. The molecule has 2 aromatic rings. The SMILES string of the molecule is BrP(CCc1ccccc1)CP(Br)CCc1ccccc1. The highest BCUT2D eigenvalue weighted by Gasteiger charge is 2.11. The number of benzene rings is 2. The van der Waals surface area contributed by atoms with E-state index in [2.05, 4.69) is 91.6 Å². The first-order chi connectivity index (χ1) is 10.2. The Hall–Kier alpha value is 0.260. The molecule has 0 aliphatic rings. The van der Waals surface area contributed by atoms with Gasteiger partial charge in [0, 0.05) is 5.90 Å². The van der Waals surface area contributed by atoms with E-state index in [0.29, 0.717) is 0 Å². The van der Waals surface area contributed by atoms with Crippen LogP contribution in [0.25, 0.3) is 0 Å². The zero-order valence-electron chi connectivity index (χ0n) is 12.0. The summed E-state index contributed by atoms with van der Waals surface area (Å²) in [4.78, 5) is 0. The van der Waals surface area contributed by atoms with Gasteiger partial charge < -0.3 is 0 Å². The Labute approximate surface area is 146 Å². The van der Waals surface area contributed by atoms with Crippen LogP contribution in [-0.2, 0) is 12.8 Å². The lowest BCUT2D eigenvalue weighted by atomic mass is 10.2. The van der Waals surface area contributed by atoms with Crippen molar-refractivity contribution in [2.24, 2.45) is 0 Å². The third kappa shape index (κ3) is 7.38. The van der Waals surface area contributed by atoms with Gasteiger partial charge in [0.05, 0.1) is 0 Å².